The zero-order valence-electron chi connectivity index (χ0n) is 18.0. The van der Waals surface area contributed by atoms with E-state index in [0.29, 0.717) is 12.5 Å². The molecule has 0 saturated heterocycles. The van der Waals surface area contributed by atoms with Crippen molar-refractivity contribution in [3.8, 4) is 0 Å². The van der Waals surface area contributed by atoms with E-state index in [1.54, 1.807) is 12.1 Å². The fourth-order valence-corrected chi connectivity index (χ4v) is 3.43. The molecule has 0 aromatic heterocycles. The van der Waals surface area contributed by atoms with Crippen LogP contribution in [0.25, 0.3) is 0 Å². The van der Waals surface area contributed by atoms with Gasteiger partial charge in [0.1, 0.15) is 0 Å². The fraction of sp³-hybridized carbons (Fsp3) is 0.409. The molecule has 2 aromatic rings. The molecule has 0 bridgehead atoms. The lowest BCUT2D eigenvalue weighted by atomic mass is 9.86. The quantitative estimate of drug-likeness (QED) is 0.396. The Bertz CT molecular complexity index is 965. The zero-order chi connectivity index (χ0) is 22.4. The molecule has 0 aliphatic rings. The molecular weight excluding hydrogens is 400 g/mol. The Hall–Kier alpha value is -2.42. The number of rotatable bonds is 7. The van der Waals surface area contributed by atoms with Gasteiger partial charge in [0.25, 0.3) is 0 Å². The number of guanidine groups is 1. The van der Waals surface area contributed by atoms with Gasteiger partial charge in [-0.2, -0.15) is 0 Å². The van der Waals surface area contributed by atoms with Crippen LogP contribution in [0.2, 0.25) is 0 Å². The molecule has 0 spiro atoms. The van der Waals surface area contributed by atoms with Crippen molar-refractivity contribution in [1.29, 1.82) is 0 Å². The maximum Gasteiger partial charge on any atom is 0.238 e. The summed E-state index contributed by atoms with van der Waals surface area (Å²) in [6.45, 7) is 9.61. The largest absolute Gasteiger partial charge is 0.387 e. The summed E-state index contributed by atoms with van der Waals surface area (Å²) < 4.78 is 23.0. The van der Waals surface area contributed by atoms with Gasteiger partial charge in [-0.1, -0.05) is 57.2 Å². The molecule has 30 heavy (non-hydrogen) atoms. The van der Waals surface area contributed by atoms with Crippen molar-refractivity contribution in [3.05, 3.63) is 65.2 Å². The van der Waals surface area contributed by atoms with Gasteiger partial charge in [-0.3, -0.25) is 0 Å². The van der Waals surface area contributed by atoms with Crippen molar-refractivity contribution < 1.29 is 13.5 Å². The van der Waals surface area contributed by atoms with Crippen LogP contribution in [0.1, 0.15) is 50.5 Å². The van der Waals surface area contributed by atoms with Crippen LogP contribution < -0.4 is 15.8 Å². The lowest BCUT2D eigenvalue weighted by Gasteiger charge is -2.20. The first-order valence-corrected chi connectivity index (χ1v) is 11.5. The summed E-state index contributed by atoms with van der Waals surface area (Å²) in [6.07, 6.45) is -0.686. The number of hydrogen-bond acceptors (Lipinski definition) is 4. The molecular formula is C22H32N4O3S. The molecule has 0 fully saturated rings. The summed E-state index contributed by atoms with van der Waals surface area (Å²) in [7, 11) is -3.75. The molecule has 8 heteroatoms. The molecule has 1 unspecified atom stereocenters. The molecule has 2 rings (SSSR count). The third kappa shape index (κ3) is 7.12. The molecule has 7 nitrogen and oxygen atoms in total. The van der Waals surface area contributed by atoms with Crippen LogP contribution in [0.15, 0.2) is 58.4 Å². The summed E-state index contributed by atoms with van der Waals surface area (Å²) in [5.74, 6) is 0.531. The Labute approximate surface area is 179 Å². The number of primary sulfonamides is 1. The number of benzene rings is 2. The van der Waals surface area contributed by atoms with Gasteiger partial charge in [-0.25, -0.2) is 18.5 Å². The Balaban J connectivity index is 2.03. The summed E-state index contributed by atoms with van der Waals surface area (Å²) in [5.41, 5.74) is 2.82. The van der Waals surface area contributed by atoms with E-state index in [2.05, 4.69) is 36.4 Å². The number of aliphatic hydroxyl groups is 1. The van der Waals surface area contributed by atoms with E-state index in [1.165, 1.54) is 17.7 Å². The highest BCUT2D eigenvalue weighted by Gasteiger charge is 2.15. The van der Waals surface area contributed by atoms with E-state index in [-0.39, 0.29) is 23.4 Å². The third-order valence-electron chi connectivity index (χ3n) is 4.62. The lowest BCUT2D eigenvalue weighted by Crippen LogP contribution is -2.39. The average Bonchev–Trinajstić information content (AvgIpc) is 2.69. The van der Waals surface area contributed by atoms with Gasteiger partial charge in [0.15, 0.2) is 5.96 Å². The topological polar surface area (TPSA) is 117 Å². The molecule has 164 valence electrons. The highest BCUT2D eigenvalue weighted by molar-refractivity contribution is 7.89. The number of nitrogens with zero attached hydrogens (tertiary/aromatic N) is 1. The lowest BCUT2D eigenvalue weighted by molar-refractivity contribution is 0.181. The summed E-state index contributed by atoms with van der Waals surface area (Å²) in [5, 5.41) is 21.9. The second-order valence-corrected chi connectivity index (χ2v) is 9.72. The first-order chi connectivity index (χ1) is 14.0. The predicted octanol–water partition coefficient (Wildman–Crippen LogP) is 2.42. The van der Waals surface area contributed by atoms with Gasteiger partial charge in [0.05, 0.1) is 17.5 Å². The van der Waals surface area contributed by atoms with E-state index in [4.69, 9.17) is 5.14 Å². The van der Waals surface area contributed by atoms with Crippen LogP contribution >= 0.6 is 0 Å². The van der Waals surface area contributed by atoms with Crippen LogP contribution in [0.5, 0.6) is 0 Å². The Morgan fingerprint density at radius 2 is 1.80 bits per heavy atom. The normalized spacial score (nSPS) is 13.7. The van der Waals surface area contributed by atoms with Crippen LogP contribution in [0, 0.1) is 0 Å². The van der Waals surface area contributed by atoms with Crippen molar-refractivity contribution in [1.82, 2.24) is 10.6 Å². The first-order valence-electron chi connectivity index (χ1n) is 9.93. The summed E-state index contributed by atoms with van der Waals surface area (Å²) in [6, 6.07) is 14.3. The smallest absolute Gasteiger partial charge is 0.238 e. The number of hydrogen-bond donors (Lipinski definition) is 4. The third-order valence-corrected chi connectivity index (χ3v) is 5.53. The molecule has 0 saturated carbocycles. The predicted molar refractivity (Wildman–Crippen MR) is 121 cm³/mol. The molecule has 2 aromatic carbocycles. The molecule has 1 atom stereocenters. The van der Waals surface area contributed by atoms with Gasteiger partial charge in [-0.15, -0.1) is 0 Å². The number of aliphatic imine (C=N–C) groups is 1. The maximum absolute atomic E-state index is 11.5. The zero-order valence-corrected chi connectivity index (χ0v) is 18.8. The molecule has 0 radical (unpaired) electrons. The second-order valence-electron chi connectivity index (χ2n) is 8.16. The summed E-state index contributed by atoms with van der Waals surface area (Å²) in [4.78, 5) is 4.52. The monoisotopic (exact) mass is 432 g/mol. The van der Waals surface area contributed by atoms with E-state index < -0.39 is 16.1 Å². The highest BCUT2D eigenvalue weighted by Crippen LogP contribution is 2.23. The summed E-state index contributed by atoms with van der Waals surface area (Å²) >= 11 is 0. The number of sulfonamides is 1. The van der Waals surface area contributed by atoms with E-state index >= 15 is 0 Å². The Kier molecular flexibility index (Phi) is 8.00. The molecule has 0 amide bonds. The molecule has 0 heterocycles. The Morgan fingerprint density at radius 1 is 1.13 bits per heavy atom. The van der Waals surface area contributed by atoms with E-state index in [0.717, 1.165) is 11.1 Å². The maximum atomic E-state index is 11.5. The van der Waals surface area contributed by atoms with Crippen LogP contribution in [0.3, 0.4) is 0 Å². The average molecular weight is 433 g/mol. The minimum atomic E-state index is -3.75. The van der Waals surface area contributed by atoms with Gasteiger partial charge < -0.3 is 15.7 Å². The van der Waals surface area contributed by atoms with Crippen molar-refractivity contribution >= 4 is 16.0 Å². The fourth-order valence-electron chi connectivity index (χ4n) is 2.85. The number of aliphatic hydroxyl groups excluding tert-OH is 1. The van der Waals surface area contributed by atoms with Crippen LogP contribution in [-0.4, -0.2) is 32.6 Å². The van der Waals surface area contributed by atoms with Crippen LogP contribution in [0.4, 0.5) is 0 Å². The van der Waals surface area contributed by atoms with Crippen molar-refractivity contribution in [3.63, 3.8) is 0 Å². The SMILES string of the molecule is CCNC(=NCc1cccc(S(N)(=O)=O)c1)NCC(O)c1ccc(C(C)(C)C)cc1. The molecule has 0 aliphatic heterocycles. The van der Waals surface area contributed by atoms with Crippen molar-refractivity contribution in [2.75, 3.05) is 13.1 Å². The standard InChI is InChI=1S/C22H32N4O3S/c1-5-24-21(25-14-16-7-6-8-19(13-16)30(23,28)29)26-15-20(27)17-9-11-18(12-10-17)22(2,3)4/h6-13,20,27H,5,14-15H2,1-4H3,(H2,23,28,29)(H2,24,25,26). The van der Waals surface area contributed by atoms with Gasteiger partial charge >= 0.3 is 0 Å². The van der Waals surface area contributed by atoms with E-state index in [1.807, 2.05) is 31.2 Å². The van der Waals surface area contributed by atoms with Gasteiger partial charge in [-0.05, 0) is 41.2 Å². The number of nitrogens with one attached hydrogen (secondary N) is 2. The highest BCUT2D eigenvalue weighted by atomic mass is 32.2. The second kappa shape index (κ2) is 10.1. The first kappa shape index (κ1) is 23.9. The molecule has 0 aliphatic carbocycles. The van der Waals surface area contributed by atoms with E-state index in [9.17, 15) is 13.5 Å². The van der Waals surface area contributed by atoms with Gasteiger partial charge in [0, 0.05) is 13.1 Å². The minimum Gasteiger partial charge on any atom is -0.387 e. The van der Waals surface area contributed by atoms with Crippen molar-refractivity contribution in [2.45, 2.75) is 50.7 Å². The van der Waals surface area contributed by atoms with Crippen LogP contribution in [-0.2, 0) is 22.0 Å². The Morgan fingerprint density at radius 3 is 2.37 bits per heavy atom. The van der Waals surface area contributed by atoms with Gasteiger partial charge in [0.2, 0.25) is 10.0 Å². The molecule has 5 N–H and O–H groups in total. The van der Waals surface area contributed by atoms with Crippen molar-refractivity contribution in [2.24, 2.45) is 10.1 Å². The minimum absolute atomic E-state index is 0.0577. The number of nitrogens with two attached hydrogens (primary N) is 1.